The molecule has 156 valence electrons. The number of hydrogen-bond donors (Lipinski definition) is 1. The molecule has 3 heterocycles. The number of likely N-dealkylation sites (tertiary alicyclic amines) is 1. The van der Waals surface area contributed by atoms with Crippen LogP contribution in [-0.4, -0.2) is 83.7 Å². The van der Waals surface area contributed by atoms with Gasteiger partial charge < -0.3 is 19.3 Å². The van der Waals surface area contributed by atoms with Crippen molar-refractivity contribution in [2.45, 2.75) is 31.9 Å². The molecule has 2 aliphatic heterocycles. The first kappa shape index (κ1) is 20.1. The summed E-state index contributed by atoms with van der Waals surface area (Å²) in [5.41, 5.74) is 2.23. The largest absolute Gasteiger partial charge is 0.459 e. The summed E-state index contributed by atoms with van der Waals surface area (Å²) in [5, 5.41) is 10.7. The van der Waals surface area contributed by atoms with Gasteiger partial charge in [0.2, 0.25) is 0 Å². The predicted octanol–water partition coefficient (Wildman–Crippen LogP) is 2.02. The van der Waals surface area contributed by atoms with Crippen molar-refractivity contribution in [2.24, 2.45) is 0 Å². The second-order valence-electron chi connectivity index (χ2n) is 8.22. The molecule has 6 nitrogen and oxygen atoms in total. The molecule has 0 aliphatic carbocycles. The van der Waals surface area contributed by atoms with Gasteiger partial charge in [0, 0.05) is 57.4 Å². The van der Waals surface area contributed by atoms with Crippen LogP contribution in [0.4, 0.5) is 0 Å². The van der Waals surface area contributed by atoms with Crippen LogP contribution in [0.2, 0.25) is 0 Å². The normalized spacial score (nSPS) is 24.0. The van der Waals surface area contributed by atoms with E-state index in [0.717, 1.165) is 51.1 Å². The Hall–Kier alpha value is -2.15. The van der Waals surface area contributed by atoms with Gasteiger partial charge in [0.15, 0.2) is 5.76 Å². The van der Waals surface area contributed by atoms with E-state index in [1.165, 1.54) is 5.56 Å². The van der Waals surface area contributed by atoms with E-state index in [4.69, 9.17) is 4.42 Å². The highest BCUT2D eigenvalue weighted by molar-refractivity contribution is 5.92. The second-order valence-corrected chi connectivity index (χ2v) is 8.22. The molecule has 2 atom stereocenters. The van der Waals surface area contributed by atoms with Crippen LogP contribution >= 0.6 is 0 Å². The number of piperidine rings is 1. The first-order valence-electron chi connectivity index (χ1n) is 10.6. The van der Waals surface area contributed by atoms with Crippen molar-refractivity contribution in [2.75, 3.05) is 45.8 Å². The summed E-state index contributed by atoms with van der Waals surface area (Å²) in [4.78, 5) is 19.3. The lowest BCUT2D eigenvalue weighted by atomic mass is 9.98. The van der Waals surface area contributed by atoms with Crippen molar-refractivity contribution in [1.82, 2.24) is 14.7 Å². The summed E-state index contributed by atoms with van der Waals surface area (Å²) < 4.78 is 5.34. The summed E-state index contributed by atoms with van der Waals surface area (Å²) in [6, 6.07) is 12.6. The monoisotopic (exact) mass is 397 g/mol. The van der Waals surface area contributed by atoms with E-state index in [-0.39, 0.29) is 11.9 Å². The quantitative estimate of drug-likeness (QED) is 0.837. The highest BCUT2D eigenvalue weighted by Crippen LogP contribution is 2.22. The molecule has 29 heavy (non-hydrogen) atoms. The Morgan fingerprint density at radius 2 is 1.86 bits per heavy atom. The maximum Gasteiger partial charge on any atom is 0.289 e. The van der Waals surface area contributed by atoms with Crippen LogP contribution in [0.5, 0.6) is 0 Å². The molecule has 0 unspecified atom stereocenters. The fraction of sp³-hybridized carbons (Fsp3) is 0.522. The van der Waals surface area contributed by atoms with Crippen LogP contribution < -0.4 is 0 Å². The third kappa shape index (κ3) is 4.71. The number of rotatable bonds is 5. The smallest absolute Gasteiger partial charge is 0.289 e. The number of hydrogen-bond acceptors (Lipinski definition) is 5. The van der Waals surface area contributed by atoms with E-state index >= 15 is 0 Å². The molecule has 0 spiro atoms. The predicted molar refractivity (Wildman–Crippen MR) is 112 cm³/mol. The van der Waals surface area contributed by atoms with Gasteiger partial charge in [-0.1, -0.05) is 30.3 Å². The van der Waals surface area contributed by atoms with Crippen molar-refractivity contribution in [3.05, 3.63) is 59.5 Å². The molecule has 0 bridgehead atoms. The van der Waals surface area contributed by atoms with Gasteiger partial charge in [-0.2, -0.15) is 0 Å². The van der Waals surface area contributed by atoms with Crippen LogP contribution in [0.3, 0.4) is 0 Å². The third-order valence-electron chi connectivity index (χ3n) is 6.33. The molecule has 1 aromatic heterocycles. The Morgan fingerprint density at radius 3 is 2.52 bits per heavy atom. The number of aryl methyl sites for hydroxylation is 1. The van der Waals surface area contributed by atoms with Crippen LogP contribution in [-0.2, 0) is 6.42 Å². The van der Waals surface area contributed by atoms with Crippen LogP contribution in [0.15, 0.2) is 47.1 Å². The zero-order valence-electron chi connectivity index (χ0n) is 17.2. The second kappa shape index (κ2) is 9.11. The minimum absolute atomic E-state index is 0.115. The lowest BCUT2D eigenvalue weighted by Crippen LogP contribution is -2.59. The molecular weight excluding hydrogens is 366 g/mol. The minimum Gasteiger partial charge on any atom is -0.459 e. The van der Waals surface area contributed by atoms with Crippen molar-refractivity contribution < 1.29 is 14.3 Å². The van der Waals surface area contributed by atoms with Gasteiger partial charge in [-0.05, 0) is 31.4 Å². The van der Waals surface area contributed by atoms with Gasteiger partial charge in [-0.3, -0.25) is 9.69 Å². The first-order valence-corrected chi connectivity index (χ1v) is 10.6. The standard InChI is InChI=1S/C23H31N3O3/c1-18-9-16-29-22(18)23(28)26-11-8-20(21(27)17-26)25-14-12-24(13-15-25)10-7-19-5-3-2-4-6-19/h2-6,9,16,20-21,27H,7-8,10-15,17H2,1H3/t20-,21-/m0/s1. The lowest BCUT2D eigenvalue weighted by Gasteiger charge is -2.45. The fourth-order valence-electron chi connectivity index (χ4n) is 4.52. The summed E-state index contributed by atoms with van der Waals surface area (Å²) >= 11 is 0. The maximum absolute atomic E-state index is 12.6. The number of β-amino-alcohol motifs (C(OH)–C–C–N with tert-alkyl or cyclic N) is 1. The Balaban J connectivity index is 1.24. The van der Waals surface area contributed by atoms with Gasteiger partial charge in [-0.15, -0.1) is 0 Å². The van der Waals surface area contributed by atoms with Crippen molar-refractivity contribution in [3.63, 3.8) is 0 Å². The van der Waals surface area contributed by atoms with Gasteiger partial charge in [-0.25, -0.2) is 0 Å². The summed E-state index contributed by atoms with van der Waals surface area (Å²) in [7, 11) is 0. The molecule has 1 aromatic carbocycles. The number of nitrogens with zero attached hydrogens (tertiary/aromatic N) is 3. The zero-order chi connectivity index (χ0) is 20.2. The topological polar surface area (TPSA) is 60.2 Å². The Bertz CT molecular complexity index is 799. The van der Waals surface area contributed by atoms with E-state index < -0.39 is 6.10 Å². The summed E-state index contributed by atoms with van der Waals surface area (Å²) in [6.07, 6.45) is 2.91. The number of benzene rings is 1. The molecule has 2 aromatic rings. The number of amides is 1. The van der Waals surface area contributed by atoms with Gasteiger partial charge in [0.25, 0.3) is 5.91 Å². The fourth-order valence-corrected chi connectivity index (χ4v) is 4.52. The van der Waals surface area contributed by atoms with Crippen molar-refractivity contribution in [3.8, 4) is 0 Å². The number of carbonyl (C=O) groups is 1. The SMILES string of the molecule is Cc1ccoc1C(=O)N1CC[C@H](N2CCN(CCc3ccccc3)CC2)[C@@H](O)C1. The number of aliphatic hydroxyl groups is 1. The number of carbonyl (C=O) groups excluding carboxylic acids is 1. The molecule has 2 aliphatic rings. The van der Waals surface area contributed by atoms with Gasteiger partial charge >= 0.3 is 0 Å². The van der Waals surface area contributed by atoms with Crippen molar-refractivity contribution >= 4 is 5.91 Å². The van der Waals surface area contributed by atoms with Crippen LogP contribution in [0.25, 0.3) is 0 Å². The van der Waals surface area contributed by atoms with Gasteiger partial charge in [0.05, 0.1) is 12.4 Å². The minimum atomic E-state index is -0.515. The first-order chi connectivity index (χ1) is 14.1. The molecular formula is C23H31N3O3. The molecule has 1 N–H and O–H groups in total. The van der Waals surface area contributed by atoms with E-state index in [1.54, 1.807) is 17.2 Å². The molecule has 0 radical (unpaired) electrons. The number of furan rings is 1. The highest BCUT2D eigenvalue weighted by Gasteiger charge is 2.36. The van der Waals surface area contributed by atoms with Gasteiger partial charge in [0.1, 0.15) is 0 Å². The number of aliphatic hydroxyl groups excluding tert-OH is 1. The van der Waals surface area contributed by atoms with E-state index in [9.17, 15) is 9.90 Å². The highest BCUT2D eigenvalue weighted by atomic mass is 16.3. The average Bonchev–Trinajstić information content (AvgIpc) is 3.19. The Kier molecular flexibility index (Phi) is 6.33. The van der Waals surface area contributed by atoms with Crippen LogP contribution in [0.1, 0.15) is 28.1 Å². The van der Waals surface area contributed by atoms with E-state index in [0.29, 0.717) is 18.8 Å². The summed E-state index contributed by atoms with van der Waals surface area (Å²) in [5.74, 6) is 0.276. The Labute approximate surface area is 172 Å². The molecule has 1 amide bonds. The number of piperazine rings is 1. The third-order valence-corrected chi connectivity index (χ3v) is 6.33. The maximum atomic E-state index is 12.6. The molecule has 6 heteroatoms. The Morgan fingerprint density at radius 1 is 1.10 bits per heavy atom. The van der Waals surface area contributed by atoms with E-state index in [1.807, 2.05) is 6.92 Å². The average molecular weight is 398 g/mol. The molecule has 0 saturated carbocycles. The lowest BCUT2D eigenvalue weighted by molar-refractivity contribution is -0.0248. The van der Waals surface area contributed by atoms with Crippen LogP contribution in [0, 0.1) is 6.92 Å². The zero-order valence-corrected chi connectivity index (χ0v) is 17.2. The molecule has 2 fully saturated rings. The molecule has 4 rings (SSSR count). The van der Waals surface area contributed by atoms with Crippen molar-refractivity contribution in [1.29, 1.82) is 0 Å². The van der Waals surface area contributed by atoms with E-state index in [2.05, 4.69) is 40.1 Å². The summed E-state index contributed by atoms with van der Waals surface area (Å²) in [6.45, 7) is 8.00. The molecule has 2 saturated heterocycles.